The summed E-state index contributed by atoms with van der Waals surface area (Å²) in [4.78, 5) is 10.9. The normalized spacial score (nSPS) is 11.7. The lowest BCUT2D eigenvalue weighted by Crippen LogP contribution is -2.25. The number of methoxy groups -OCH3 is 1. The highest BCUT2D eigenvalue weighted by molar-refractivity contribution is 5.76. The van der Waals surface area contributed by atoms with Crippen molar-refractivity contribution in [3.63, 3.8) is 0 Å². The van der Waals surface area contributed by atoms with E-state index < -0.39 is 12.0 Å². The first-order valence-corrected chi connectivity index (χ1v) is 6.80. The second kappa shape index (κ2) is 6.79. The van der Waals surface area contributed by atoms with E-state index in [1.807, 2.05) is 36.4 Å². The zero-order chi connectivity index (χ0) is 15.2. The highest BCUT2D eigenvalue weighted by Crippen LogP contribution is 2.25. The number of nitrogens with one attached hydrogen (secondary N) is 1. The third kappa shape index (κ3) is 3.99. The Labute approximate surface area is 124 Å². The molecule has 2 N–H and O–H groups in total. The Hall–Kier alpha value is -2.49. The molecule has 110 valence electrons. The van der Waals surface area contributed by atoms with E-state index in [4.69, 9.17) is 9.84 Å². The maximum atomic E-state index is 10.9. The zero-order valence-electron chi connectivity index (χ0n) is 12.2. The Morgan fingerprint density at radius 1 is 1.24 bits per heavy atom. The molecule has 4 nitrogen and oxygen atoms in total. The van der Waals surface area contributed by atoms with Gasteiger partial charge in [-0.15, -0.1) is 0 Å². The molecule has 2 aromatic carbocycles. The molecule has 2 aromatic rings. The molecule has 0 radical (unpaired) electrons. The minimum atomic E-state index is -0.879. The number of hydrogen-bond donors (Lipinski definition) is 2. The number of aliphatic carboxylic acids is 1. The van der Waals surface area contributed by atoms with E-state index in [0.717, 1.165) is 23.4 Å². The lowest BCUT2D eigenvalue weighted by molar-refractivity contribution is -0.137. The minimum absolute atomic E-state index is 0.636. The van der Waals surface area contributed by atoms with Gasteiger partial charge in [0, 0.05) is 17.7 Å². The van der Waals surface area contributed by atoms with Crippen LogP contribution < -0.4 is 10.1 Å². The van der Waals surface area contributed by atoms with Crippen molar-refractivity contribution in [1.82, 2.24) is 0 Å². The number of anilines is 1. The highest BCUT2D eigenvalue weighted by atomic mass is 16.5. The van der Waals surface area contributed by atoms with Crippen molar-refractivity contribution in [3.8, 4) is 5.75 Å². The van der Waals surface area contributed by atoms with Gasteiger partial charge in [-0.05, 0) is 30.7 Å². The van der Waals surface area contributed by atoms with Crippen LogP contribution in [0.15, 0.2) is 48.5 Å². The van der Waals surface area contributed by atoms with Crippen LogP contribution in [0, 0.1) is 0 Å². The molecule has 0 unspecified atom stereocenters. The molecule has 0 bridgehead atoms. The van der Waals surface area contributed by atoms with Gasteiger partial charge in [-0.1, -0.05) is 30.3 Å². The fourth-order valence-corrected chi connectivity index (χ4v) is 2.13. The van der Waals surface area contributed by atoms with Crippen molar-refractivity contribution in [2.75, 3.05) is 12.4 Å². The molecule has 0 fully saturated rings. The average Bonchev–Trinajstić information content (AvgIpc) is 2.48. The second-order valence-corrected chi connectivity index (χ2v) is 4.89. The highest BCUT2D eigenvalue weighted by Gasteiger charge is 2.12. The van der Waals surface area contributed by atoms with E-state index in [2.05, 4.69) is 17.4 Å². The van der Waals surface area contributed by atoms with Gasteiger partial charge >= 0.3 is 5.97 Å². The van der Waals surface area contributed by atoms with Gasteiger partial charge in [-0.3, -0.25) is 4.79 Å². The predicted molar refractivity (Wildman–Crippen MR) is 83.0 cm³/mol. The molecule has 2 rings (SSSR count). The molecule has 0 saturated carbocycles. The molecule has 0 aromatic heterocycles. The molecule has 0 aliphatic carbocycles. The molecule has 0 saturated heterocycles. The maximum absolute atomic E-state index is 10.9. The number of hydrogen-bond acceptors (Lipinski definition) is 3. The van der Waals surface area contributed by atoms with Crippen LogP contribution in [0.3, 0.4) is 0 Å². The molecule has 1 atom stereocenters. The predicted octanol–water partition coefficient (Wildman–Crippen LogP) is 3.17. The fourth-order valence-electron chi connectivity index (χ4n) is 2.13. The quantitative estimate of drug-likeness (QED) is 0.856. The molecule has 0 aliphatic heterocycles. The first-order chi connectivity index (χ1) is 10.1. The standard InChI is InChI=1S/C17H19NO3/c1-12(17(19)20)18-15-8-9-16(21-2)14(11-15)10-13-6-4-3-5-7-13/h3-9,11-12,18H,10H2,1-2H3,(H,19,20)/t12-/m0/s1. The van der Waals surface area contributed by atoms with Crippen LogP contribution in [0.25, 0.3) is 0 Å². The summed E-state index contributed by atoms with van der Waals surface area (Å²) in [6.07, 6.45) is 0.737. The Bertz CT molecular complexity index is 611. The number of rotatable bonds is 6. The van der Waals surface area contributed by atoms with Gasteiger partial charge in [-0.25, -0.2) is 0 Å². The van der Waals surface area contributed by atoms with E-state index in [1.165, 1.54) is 5.56 Å². The average molecular weight is 285 g/mol. The van der Waals surface area contributed by atoms with Crippen LogP contribution in [0.4, 0.5) is 5.69 Å². The molecule has 21 heavy (non-hydrogen) atoms. The topological polar surface area (TPSA) is 58.6 Å². The summed E-state index contributed by atoms with van der Waals surface area (Å²) in [5.41, 5.74) is 2.97. The summed E-state index contributed by atoms with van der Waals surface area (Å²) in [6.45, 7) is 1.61. The summed E-state index contributed by atoms with van der Waals surface area (Å²) in [6, 6.07) is 15.1. The van der Waals surface area contributed by atoms with Crippen molar-refractivity contribution in [3.05, 3.63) is 59.7 Å². The Balaban J connectivity index is 2.24. The largest absolute Gasteiger partial charge is 0.496 e. The third-order valence-electron chi connectivity index (χ3n) is 3.27. The van der Waals surface area contributed by atoms with Crippen LogP contribution in [0.2, 0.25) is 0 Å². The molecular formula is C17H19NO3. The van der Waals surface area contributed by atoms with Gasteiger partial charge in [-0.2, -0.15) is 0 Å². The van der Waals surface area contributed by atoms with Crippen molar-refractivity contribution in [2.24, 2.45) is 0 Å². The third-order valence-corrected chi connectivity index (χ3v) is 3.27. The van der Waals surface area contributed by atoms with Crippen molar-refractivity contribution in [2.45, 2.75) is 19.4 Å². The number of carboxylic acid groups (broad SMARTS) is 1. The van der Waals surface area contributed by atoms with Gasteiger partial charge in [0.25, 0.3) is 0 Å². The van der Waals surface area contributed by atoms with Crippen molar-refractivity contribution in [1.29, 1.82) is 0 Å². The van der Waals surface area contributed by atoms with Crippen molar-refractivity contribution >= 4 is 11.7 Å². The molecule has 0 aliphatic rings. The summed E-state index contributed by atoms with van der Waals surface area (Å²) in [7, 11) is 1.64. The summed E-state index contributed by atoms with van der Waals surface area (Å²) in [5, 5.41) is 11.9. The summed E-state index contributed by atoms with van der Waals surface area (Å²) >= 11 is 0. The van der Waals surface area contributed by atoms with Gasteiger partial charge in [0.1, 0.15) is 11.8 Å². The summed E-state index contributed by atoms with van der Waals surface area (Å²) < 4.78 is 5.38. The van der Waals surface area contributed by atoms with E-state index in [9.17, 15) is 4.79 Å². The monoisotopic (exact) mass is 285 g/mol. The summed E-state index contributed by atoms with van der Waals surface area (Å²) in [5.74, 6) is -0.0807. The Morgan fingerprint density at radius 2 is 1.95 bits per heavy atom. The van der Waals surface area contributed by atoms with Gasteiger partial charge < -0.3 is 15.2 Å². The van der Waals surface area contributed by atoms with Crippen LogP contribution in [0.5, 0.6) is 5.75 Å². The lowest BCUT2D eigenvalue weighted by atomic mass is 10.0. The second-order valence-electron chi connectivity index (χ2n) is 4.89. The smallest absolute Gasteiger partial charge is 0.325 e. The molecule has 0 spiro atoms. The number of benzene rings is 2. The van der Waals surface area contributed by atoms with Gasteiger partial charge in [0.15, 0.2) is 0 Å². The molecule has 0 heterocycles. The van der Waals surface area contributed by atoms with Crippen LogP contribution in [0.1, 0.15) is 18.1 Å². The Morgan fingerprint density at radius 3 is 2.57 bits per heavy atom. The lowest BCUT2D eigenvalue weighted by Gasteiger charge is -2.14. The first-order valence-electron chi connectivity index (χ1n) is 6.80. The fraction of sp³-hybridized carbons (Fsp3) is 0.235. The minimum Gasteiger partial charge on any atom is -0.496 e. The van der Waals surface area contributed by atoms with Crippen LogP contribution >= 0.6 is 0 Å². The zero-order valence-corrected chi connectivity index (χ0v) is 12.2. The van der Waals surface area contributed by atoms with E-state index in [0.29, 0.717) is 0 Å². The number of carboxylic acids is 1. The van der Waals surface area contributed by atoms with E-state index in [-0.39, 0.29) is 0 Å². The molecular weight excluding hydrogens is 266 g/mol. The van der Waals surface area contributed by atoms with E-state index in [1.54, 1.807) is 14.0 Å². The van der Waals surface area contributed by atoms with E-state index >= 15 is 0 Å². The first kappa shape index (κ1) is 14.9. The van der Waals surface area contributed by atoms with Gasteiger partial charge in [0.2, 0.25) is 0 Å². The van der Waals surface area contributed by atoms with Gasteiger partial charge in [0.05, 0.1) is 7.11 Å². The SMILES string of the molecule is COc1ccc(N[C@@H](C)C(=O)O)cc1Cc1ccccc1. The molecule has 0 amide bonds. The van der Waals surface area contributed by atoms with Crippen LogP contribution in [-0.4, -0.2) is 24.2 Å². The Kier molecular flexibility index (Phi) is 4.82. The maximum Gasteiger partial charge on any atom is 0.325 e. The van der Waals surface area contributed by atoms with Crippen molar-refractivity contribution < 1.29 is 14.6 Å². The van der Waals surface area contributed by atoms with Crippen LogP contribution in [-0.2, 0) is 11.2 Å². The number of carbonyl (C=O) groups is 1. The molecule has 4 heteroatoms. The number of ether oxygens (including phenoxy) is 1.